The van der Waals surface area contributed by atoms with Gasteiger partial charge in [-0.05, 0) is 13.3 Å². The zero-order valence-electron chi connectivity index (χ0n) is 14.8. The lowest BCUT2D eigenvalue weighted by Gasteiger charge is -2.40. The van der Waals surface area contributed by atoms with Gasteiger partial charge < -0.3 is 18.9 Å². The summed E-state index contributed by atoms with van der Waals surface area (Å²) in [4.78, 5) is 33.3. The summed E-state index contributed by atoms with van der Waals surface area (Å²) in [6, 6.07) is 1.39. The van der Waals surface area contributed by atoms with Crippen LogP contribution >= 0.6 is 0 Å². The molecule has 2 atom stereocenters. The number of carbonyl (C=O) groups is 2. The van der Waals surface area contributed by atoms with Crippen molar-refractivity contribution >= 4 is 11.8 Å². The molecule has 0 saturated carbocycles. The highest BCUT2D eigenvalue weighted by Crippen LogP contribution is 2.36. The number of hydrogen-bond acceptors (Lipinski definition) is 5. The van der Waals surface area contributed by atoms with E-state index in [4.69, 9.17) is 4.52 Å². The zero-order valence-corrected chi connectivity index (χ0v) is 14.8. The standard InChI is InChI=1S/C17H23N5O3/c1-4-22-14(23)6-5-13(15(22)16-18-8-9-20(16)2)17(24)21(3)11-12-7-10-25-19-12/h7-10,13,15H,4-6,11H2,1-3H3/t13-,15-/m0/s1. The van der Waals surface area contributed by atoms with Crippen molar-refractivity contribution in [2.75, 3.05) is 13.6 Å². The number of amides is 2. The van der Waals surface area contributed by atoms with Gasteiger partial charge in [0.2, 0.25) is 11.8 Å². The van der Waals surface area contributed by atoms with Gasteiger partial charge >= 0.3 is 0 Å². The third kappa shape index (κ3) is 3.29. The number of carbonyl (C=O) groups excluding carboxylic acids is 2. The molecular weight excluding hydrogens is 322 g/mol. The molecular formula is C17H23N5O3. The molecule has 0 aliphatic carbocycles. The molecule has 0 spiro atoms. The molecule has 0 radical (unpaired) electrons. The lowest BCUT2D eigenvalue weighted by atomic mass is 9.86. The Labute approximate surface area is 146 Å². The minimum atomic E-state index is -0.349. The fraction of sp³-hybridized carbons (Fsp3) is 0.529. The van der Waals surface area contributed by atoms with Gasteiger partial charge in [-0.15, -0.1) is 0 Å². The average Bonchev–Trinajstić information content (AvgIpc) is 3.25. The van der Waals surface area contributed by atoms with Crippen molar-refractivity contribution in [2.45, 2.75) is 32.4 Å². The quantitative estimate of drug-likeness (QED) is 0.817. The maximum Gasteiger partial charge on any atom is 0.228 e. The molecule has 1 aliphatic heterocycles. The van der Waals surface area contributed by atoms with Gasteiger partial charge in [-0.3, -0.25) is 9.59 Å². The van der Waals surface area contributed by atoms with Crippen LogP contribution in [0, 0.1) is 5.92 Å². The maximum absolute atomic E-state index is 13.1. The number of piperidine rings is 1. The van der Waals surface area contributed by atoms with E-state index >= 15 is 0 Å². The lowest BCUT2D eigenvalue weighted by Crippen LogP contribution is -2.49. The van der Waals surface area contributed by atoms with Gasteiger partial charge in [0.15, 0.2) is 0 Å². The van der Waals surface area contributed by atoms with E-state index in [1.807, 2.05) is 24.7 Å². The molecule has 1 aliphatic rings. The Morgan fingerprint density at radius 1 is 1.48 bits per heavy atom. The molecule has 3 heterocycles. The van der Waals surface area contributed by atoms with Gasteiger partial charge in [0, 0.05) is 45.5 Å². The smallest absolute Gasteiger partial charge is 0.228 e. The van der Waals surface area contributed by atoms with E-state index in [1.54, 1.807) is 29.1 Å². The zero-order chi connectivity index (χ0) is 18.0. The van der Waals surface area contributed by atoms with Crippen LogP contribution in [0.3, 0.4) is 0 Å². The van der Waals surface area contributed by atoms with Crippen molar-refractivity contribution < 1.29 is 14.1 Å². The number of aryl methyl sites for hydroxylation is 1. The van der Waals surface area contributed by atoms with Crippen molar-refractivity contribution in [3.05, 3.63) is 36.2 Å². The normalized spacial score (nSPS) is 20.8. The fourth-order valence-electron chi connectivity index (χ4n) is 3.49. The minimum Gasteiger partial charge on any atom is -0.364 e. The molecule has 3 rings (SSSR count). The van der Waals surface area contributed by atoms with Crippen LogP contribution in [0.5, 0.6) is 0 Å². The van der Waals surface area contributed by atoms with E-state index in [9.17, 15) is 9.59 Å². The van der Waals surface area contributed by atoms with Gasteiger partial charge in [0.1, 0.15) is 23.8 Å². The Bertz CT molecular complexity index is 739. The van der Waals surface area contributed by atoms with E-state index in [0.29, 0.717) is 31.6 Å². The fourth-order valence-corrected chi connectivity index (χ4v) is 3.49. The van der Waals surface area contributed by atoms with E-state index in [1.165, 1.54) is 6.26 Å². The maximum atomic E-state index is 13.1. The summed E-state index contributed by atoms with van der Waals surface area (Å²) in [5.74, 6) is 0.472. The van der Waals surface area contributed by atoms with Gasteiger partial charge in [-0.1, -0.05) is 5.16 Å². The first kappa shape index (κ1) is 17.2. The highest BCUT2D eigenvalue weighted by molar-refractivity contribution is 5.84. The third-order valence-corrected chi connectivity index (χ3v) is 4.75. The second-order valence-electron chi connectivity index (χ2n) is 6.35. The summed E-state index contributed by atoms with van der Waals surface area (Å²) < 4.78 is 6.71. The van der Waals surface area contributed by atoms with E-state index in [-0.39, 0.29) is 23.8 Å². The van der Waals surface area contributed by atoms with Crippen molar-refractivity contribution in [2.24, 2.45) is 13.0 Å². The predicted molar refractivity (Wildman–Crippen MR) is 89.0 cm³/mol. The highest BCUT2D eigenvalue weighted by Gasteiger charge is 2.42. The molecule has 1 saturated heterocycles. The molecule has 0 unspecified atom stereocenters. The summed E-state index contributed by atoms with van der Waals surface area (Å²) in [5.41, 5.74) is 0.698. The third-order valence-electron chi connectivity index (χ3n) is 4.75. The molecule has 0 aromatic carbocycles. The Morgan fingerprint density at radius 2 is 2.28 bits per heavy atom. The Morgan fingerprint density at radius 3 is 2.88 bits per heavy atom. The van der Waals surface area contributed by atoms with E-state index < -0.39 is 0 Å². The molecule has 2 aromatic rings. The number of likely N-dealkylation sites (tertiary alicyclic amines) is 1. The Kier molecular flexibility index (Phi) is 4.87. The lowest BCUT2D eigenvalue weighted by molar-refractivity contribution is -0.148. The van der Waals surface area contributed by atoms with Crippen molar-refractivity contribution in [3.63, 3.8) is 0 Å². The van der Waals surface area contributed by atoms with Crippen LogP contribution in [-0.2, 0) is 23.2 Å². The summed E-state index contributed by atoms with van der Waals surface area (Å²) in [6.07, 6.45) is 5.92. The van der Waals surface area contributed by atoms with E-state index in [0.717, 1.165) is 5.82 Å². The van der Waals surface area contributed by atoms with Crippen molar-refractivity contribution in [1.82, 2.24) is 24.5 Å². The summed E-state index contributed by atoms with van der Waals surface area (Å²) >= 11 is 0. The summed E-state index contributed by atoms with van der Waals surface area (Å²) in [6.45, 7) is 2.85. The molecule has 2 aromatic heterocycles. The number of hydrogen-bond donors (Lipinski definition) is 0. The van der Waals surface area contributed by atoms with Crippen LogP contribution in [0.15, 0.2) is 29.2 Å². The summed E-state index contributed by atoms with van der Waals surface area (Å²) in [7, 11) is 3.63. The number of nitrogens with zero attached hydrogens (tertiary/aromatic N) is 5. The summed E-state index contributed by atoms with van der Waals surface area (Å²) in [5, 5.41) is 3.86. The van der Waals surface area contributed by atoms with Gasteiger partial charge in [0.05, 0.1) is 12.5 Å². The first-order chi connectivity index (χ1) is 12.0. The predicted octanol–water partition coefficient (Wildman–Crippen LogP) is 1.37. The first-order valence-corrected chi connectivity index (χ1v) is 8.43. The van der Waals surface area contributed by atoms with Crippen LogP contribution in [0.1, 0.15) is 37.3 Å². The minimum absolute atomic E-state index is 0.0121. The van der Waals surface area contributed by atoms with Gasteiger partial charge in [0.25, 0.3) is 0 Å². The molecule has 1 fully saturated rings. The van der Waals surface area contributed by atoms with Gasteiger partial charge in [-0.2, -0.15) is 0 Å². The Balaban J connectivity index is 1.87. The second-order valence-corrected chi connectivity index (χ2v) is 6.35. The van der Waals surface area contributed by atoms with Crippen LogP contribution in [0.2, 0.25) is 0 Å². The van der Waals surface area contributed by atoms with E-state index in [2.05, 4.69) is 10.1 Å². The molecule has 8 heteroatoms. The number of imidazole rings is 1. The topological polar surface area (TPSA) is 84.5 Å². The molecule has 0 bridgehead atoms. The number of rotatable bonds is 5. The monoisotopic (exact) mass is 345 g/mol. The Hall–Kier alpha value is -2.64. The van der Waals surface area contributed by atoms with Crippen LogP contribution in [-0.4, -0.2) is 49.9 Å². The first-order valence-electron chi connectivity index (χ1n) is 8.43. The second kappa shape index (κ2) is 7.08. The number of aromatic nitrogens is 3. The molecule has 25 heavy (non-hydrogen) atoms. The largest absolute Gasteiger partial charge is 0.364 e. The average molecular weight is 345 g/mol. The van der Waals surface area contributed by atoms with Gasteiger partial charge in [-0.25, -0.2) is 4.98 Å². The highest BCUT2D eigenvalue weighted by atomic mass is 16.5. The SMILES string of the molecule is CCN1C(=O)CC[C@H](C(=O)N(C)Cc2ccon2)[C@H]1c1nccn1C. The van der Waals surface area contributed by atoms with Crippen molar-refractivity contribution in [1.29, 1.82) is 0 Å². The van der Waals surface area contributed by atoms with Crippen molar-refractivity contribution in [3.8, 4) is 0 Å². The van der Waals surface area contributed by atoms with Crippen LogP contribution in [0.25, 0.3) is 0 Å². The molecule has 2 amide bonds. The van der Waals surface area contributed by atoms with Crippen LogP contribution in [0.4, 0.5) is 0 Å². The van der Waals surface area contributed by atoms with Crippen LogP contribution < -0.4 is 0 Å². The molecule has 0 N–H and O–H groups in total. The molecule has 8 nitrogen and oxygen atoms in total. The molecule has 134 valence electrons.